The van der Waals surface area contributed by atoms with Gasteiger partial charge in [0.05, 0.1) is 18.5 Å². The first-order valence-corrected chi connectivity index (χ1v) is 9.30. The molecule has 5 nitrogen and oxygen atoms in total. The van der Waals surface area contributed by atoms with Crippen molar-refractivity contribution in [3.63, 3.8) is 0 Å². The number of benzene rings is 2. The van der Waals surface area contributed by atoms with Crippen molar-refractivity contribution >= 4 is 16.7 Å². The van der Waals surface area contributed by atoms with Gasteiger partial charge in [-0.1, -0.05) is 42.5 Å². The number of ether oxygens (including phenoxy) is 2. The molecule has 0 radical (unpaired) electrons. The maximum absolute atomic E-state index is 5.71. The molecule has 2 heterocycles. The summed E-state index contributed by atoms with van der Waals surface area (Å²) >= 11 is 0. The maximum atomic E-state index is 5.71. The highest BCUT2D eigenvalue weighted by molar-refractivity contribution is 5.85. The normalized spacial score (nSPS) is 10.9. The van der Waals surface area contributed by atoms with E-state index in [0.29, 0.717) is 13.2 Å². The Balaban J connectivity index is 1.51. The molecule has 0 bridgehead atoms. The van der Waals surface area contributed by atoms with E-state index in [1.165, 1.54) is 5.56 Å². The Labute approximate surface area is 164 Å². The van der Waals surface area contributed by atoms with Crippen molar-refractivity contribution in [2.24, 2.45) is 0 Å². The first kappa shape index (κ1) is 18.1. The van der Waals surface area contributed by atoms with Gasteiger partial charge in [0, 0.05) is 30.3 Å². The predicted octanol–water partition coefficient (Wildman–Crippen LogP) is 4.87. The third-order valence-electron chi connectivity index (χ3n) is 4.51. The van der Waals surface area contributed by atoms with E-state index in [-0.39, 0.29) is 0 Å². The SMILES string of the molecule is COCCOc1cccc(-c2cc3cc(NCc4ccccc4)cnc3[nH]2)c1. The standard InChI is InChI=1S/C23H23N3O2/c1-27-10-11-28-21-9-5-8-18(13-21)22-14-19-12-20(16-25-23(19)26-22)24-15-17-6-3-2-4-7-17/h2-9,12-14,16,24H,10-11,15H2,1H3,(H,25,26). The Hall–Kier alpha value is -3.31. The lowest BCUT2D eigenvalue weighted by atomic mass is 10.1. The molecule has 4 rings (SSSR count). The van der Waals surface area contributed by atoms with Crippen LogP contribution in [0.2, 0.25) is 0 Å². The molecule has 0 amide bonds. The van der Waals surface area contributed by atoms with E-state index in [1.807, 2.05) is 42.6 Å². The van der Waals surface area contributed by atoms with Crippen LogP contribution in [0.4, 0.5) is 5.69 Å². The number of hydrogen-bond donors (Lipinski definition) is 2. The number of nitrogens with one attached hydrogen (secondary N) is 2. The van der Waals surface area contributed by atoms with E-state index in [2.05, 4.69) is 45.6 Å². The molecule has 5 heteroatoms. The molecule has 142 valence electrons. The fraction of sp³-hybridized carbons (Fsp3) is 0.174. The van der Waals surface area contributed by atoms with Gasteiger partial charge in [0.2, 0.25) is 0 Å². The quantitative estimate of drug-likeness (QED) is 0.433. The van der Waals surface area contributed by atoms with E-state index in [1.54, 1.807) is 7.11 Å². The van der Waals surface area contributed by atoms with Gasteiger partial charge in [-0.3, -0.25) is 0 Å². The van der Waals surface area contributed by atoms with Crippen molar-refractivity contribution in [1.82, 2.24) is 9.97 Å². The molecule has 0 aliphatic carbocycles. The van der Waals surface area contributed by atoms with Crippen LogP contribution in [-0.2, 0) is 11.3 Å². The second-order valence-electron chi connectivity index (χ2n) is 6.55. The molecule has 0 spiro atoms. The van der Waals surface area contributed by atoms with E-state index in [9.17, 15) is 0 Å². The van der Waals surface area contributed by atoms with Crippen LogP contribution in [0.3, 0.4) is 0 Å². The smallest absolute Gasteiger partial charge is 0.137 e. The summed E-state index contributed by atoms with van der Waals surface area (Å²) in [4.78, 5) is 7.95. The fourth-order valence-electron chi connectivity index (χ4n) is 3.06. The molecule has 0 fully saturated rings. The molecule has 0 saturated heterocycles. The zero-order valence-corrected chi connectivity index (χ0v) is 15.8. The van der Waals surface area contributed by atoms with Crippen LogP contribution in [0.5, 0.6) is 5.75 Å². The highest BCUT2D eigenvalue weighted by Crippen LogP contribution is 2.27. The van der Waals surface area contributed by atoms with Gasteiger partial charge in [-0.2, -0.15) is 0 Å². The third-order valence-corrected chi connectivity index (χ3v) is 4.51. The summed E-state index contributed by atoms with van der Waals surface area (Å²) in [6.07, 6.45) is 1.86. The minimum absolute atomic E-state index is 0.532. The molecule has 0 aliphatic heterocycles. The molecule has 2 N–H and O–H groups in total. The molecular weight excluding hydrogens is 350 g/mol. The number of hydrogen-bond acceptors (Lipinski definition) is 4. The van der Waals surface area contributed by atoms with Gasteiger partial charge in [0.25, 0.3) is 0 Å². The molecule has 28 heavy (non-hydrogen) atoms. The maximum Gasteiger partial charge on any atom is 0.137 e. The number of methoxy groups -OCH3 is 1. The van der Waals surface area contributed by atoms with Gasteiger partial charge in [-0.15, -0.1) is 0 Å². The van der Waals surface area contributed by atoms with E-state index in [0.717, 1.165) is 40.3 Å². The van der Waals surface area contributed by atoms with Gasteiger partial charge >= 0.3 is 0 Å². The van der Waals surface area contributed by atoms with Crippen molar-refractivity contribution < 1.29 is 9.47 Å². The molecule has 2 aromatic carbocycles. The number of aromatic nitrogens is 2. The van der Waals surface area contributed by atoms with Crippen LogP contribution in [0.25, 0.3) is 22.3 Å². The summed E-state index contributed by atoms with van der Waals surface area (Å²) in [5.41, 5.74) is 5.18. The number of rotatable bonds is 8. The lowest BCUT2D eigenvalue weighted by Gasteiger charge is -2.06. The lowest BCUT2D eigenvalue weighted by molar-refractivity contribution is 0.146. The van der Waals surface area contributed by atoms with Crippen molar-refractivity contribution in [2.75, 3.05) is 25.6 Å². The zero-order valence-electron chi connectivity index (χ0n) is 15.8. The number of anilines is 1. The Morgan fingerprint density at radius 3 is 2.71 bits per heavy atom. The van der Waals surface area contributed by atoms with Crippen molar-refractivity contribution in [3.8, 4) is 17.0 Å². The second kappa shape index (κ2) is 8.59. The first-order valence-electron chi connectivity index (χ1n) is 9.30. The summed E-state index contributed by atoms with van der Waals surface area (Å²) in [6, 6.07) is 22.6. The average Bonchev–Trinajstić information content (AvgIpc) is 3.17. The Morgan fingerprint density at radius 2 is 1.86 bits per heavy atom. The van der Waals surface area contributed by atoms with Gasteiger partial charge < -0.3 is 19.8 Å². The highest BCUT2D eigenvalue weighted by Gasteiger charge is 2.07. The van der Waals surface area contributed by atoms with Crippen LogP contribution >= 0.6 is 0 Å². The Kier molecular flexibility index (Phi) is 5.54. The lowest BCUT2D eigenvalue weighted by Crippen LogP contribution is -2.04. The number of fused-ring (bicyclic) bond motifs is 1. The Morgan fingerprint density at radius 1 is 0.964 bits per heavy atom. The predicted molar refractivity (Wildman–Crippen MR) is 113 cm³/mol. The minimum atomic E-state index is 0.532. The summed E-state index contributed by atoms with van der Waals surface area (Å²) in [7, 11) is 1.67. The highest BCUT2D eigenvalue weighted by atomic mass is 16.5. The molecule has 2 aromatic heterocycles. The minimum Gasteiger partial charge on any atom is -0.491 e. The van der Waals surface area contributed by atoms with Crippen molar-refractivity contribution in [3.05, 3.63) is 78.5 Å². The van der Waals surface area contributed by atoms with Crippen molar-refractivity contribution in [2.45, 2.75) is 6.54 Å². The number of aromatic amines is 1. The molecule has 4 aromatic rings. The van der Waals surface area contributed by atoms with Crippen LogP contribution in [0.1, 0.15) is 5.56 Å². The zero-order chi connectivity index (χ0) is 19.2. The largest absolute Gasteiger partial charge is 0.491 e. The van der Waals surface area contributed by atoms with E-state index in [4.69, 9.17) is 9.47 Å². The summed E-state index contributed by atoms with van der Waals surface area (Å²) < 4.78 is 10.7. The van der Waals surface area contributed by atoms with Crippen molar-refractivity contribution in [1.29, 1.82) is 0 Å². The van der Waals surface area contributed by atoms with Crippen LogP contribution in [-0.4, -0.2) is 30.3 Å². The first-order chi connectivity index (χ1) is 13.8. The fourth-order valence-corrected chi connectivity index (χ4v) is 3.06. The molecule has 0 atom stereocenters. The average molecular weight is 373 g/mol. The number of H-pyrrole nitrogens is 1. The summed E-state index contributed by atoms with van der Waals surface area (Å²) in [5, 5.41) is 4.50. The van der Waals surface area contributed by atoms with E-state index < -0.39 is 0 Å². The summed E-state index contributed by atoms with van der Waals surface area (Å²) in [6.45, 7) is 1.87. The van der Waals surface area contributed by atoms with Gasteiger partial charge in [-0.05, 0) is 29.8 Å². The monoisotopic (exact) mass is 373 g/mol. The van der Waals surface area contributed by atoms with Crippen LogP contribution in [0.15, 0.2) is 72.9 Å². The number of nitrogens with zero attached hydrogens (tertiary/aromatic N) is 1. The van der Waals surface area contributed by atoms with Gasteiger partial charge in [-0.25, -0.2) is 4.98 Å². The molecule has 0 aliphatic rings. The third kappa shape index (κ3) is 4.32. The molecule has 0 unspecified atom stereocenters. The van der Waals surface area contributed by atoms with E-state index >= 15 is 0 Å². The Bertz CT molecular complexity index is 1040. The van der Waals surface area contributed by atoms with Crippen LogP contribution in [0, 0.1) is 0 Å². The number of pyridine rings is 1. The van der Waals surface area contributed by atoms with Gasteiger partial charge in [0.15, 0.2) is 0 Å². The summed E-state index contributed by atoms with van der Waals surface area (Å²) in [5.74, 6) is 0.825. The topological polar surface area (TPSA) is 59.2 Å². The second-order valence-corrected chi connectivity index (χ2v) is 6.55. The molecular formula is C23H23N3O2. The molecule has 0 saturated carbocycles. The van der Waals surface area contributed by atoms with Gasteiger partial charge in [0.1, 0.15) is 18.0 Å². The van der Waals surface area contributed by atoms with Crippen LogP contribution < -0.4 is 10.1 Å².